The smallest absolute Gasteiger partial charge is 0.336 e. The van der Waals surface area contributed by atoms with E-state index in [-0.39, 0.29) is 45.1 Å². The predicted octanol–water partition coefficient (Wildman–Crippen LogP) is 2.97. The fourth-order valence-corrected chi connectivity index (χ4v) is 3.93. The van der Waals surface area contributed by atoms with Crippen LogP contribution >= 0.6 is 0 Å². The molecule has 0 radical (unpaired) electrons. The Kier molecular flexibility index (Phi) is 6.55. The number of para-hydroxylation sites is 1. The second kappa shape index (κ2) is 9.74. The number of hydrogen-bond donors (Lipinski definition) is 0. The molecule has 0 saturated carbocycles. The van der Waals surface area contributed by atoms with Crippen molar-refractivity contribution in [1.82, 2.24) is 9.13 Å². The summed E-state index contributed by atoms with van der Waals surface area (Å²) in [6.07, 6.45) is 0. The van der Waals surface area contributed by atoms with Crippen molar-refractivity contribution < 1.29 is 23.9 Å². The van der Waals surface area contributed by atoms with Crippen molar-refractivity contribution in [2.75, 3.05) is 21.3 Å². The van der Waals surface area contributed by atoms with Crippen molar-refractivity contribution in [1.29, 1.82) is 0 Å². The number of carbonyl (C=O) groups excluding carboxylic acids is 1. The van der Waals surface area contributed by atoms with Crippen molar-refractivity contribution in [3.8, 4) is 22.9 Å². The van der Waals surface area contributed by atoms with Gasteiger partial charge in [0.1, 0.15) is 0 Å². The van der Waals surface area contributed by atoms with Gasteiger partial charge in [-0.2, -0.15) is 0 Å². The maximum Gasteiger partial charge on any atom is 0.336 e. The Balaban J connectivity index is 1.95. The Morgan fingerprint density at radius 3 is 2.19 bits per heavy atom. The van der Waals surface area contributed by atoms with Crippen molar-refractivity contribution in [2.45, 2.75) is 6.54 Å². The number of nitrogens with zero attached hydrogens (tertiary/aromatic N) is 3. The number of non-ortho nitro benzene ring substituents is 1. The highest BCUT2D eigenvalue weighted by Gasteiger charge is 2.21. The second-order valence-electron chi connectivity index (χ2n) is 7.64. The number of nitro benzene ring substituents is 1. The monoisotopic (exact) mass is 491 g/mol. The molecule has 0 fully saturated rings. The second-order valence-corrected chi connectivity index (χ2v) is 7.64. The summed E-state index contributed by atoms with van der Waals surface area (Å²) in [6.45, 7) is -0.453. The molecule has 3 aromatic carbocycles. The third kappa shape index (κ3) is 4.17. The number of fused-ring (bicyclic) bond motifs is 1. The number of carbonyl (C=O) groups is 1. The van der Waals surface area contributed by atoms with E-state index in [1.807, 2.05) is 0 Å². The number of aromatic nitrogens is 2. The van der Waals surface area contributed by atoms with E-state index in [1.165, 1.54) is 51.7 Å². The third-order valence-electron chi connectivity index (χ3n) is 5.64. The lowest BCUT2D eigenvalue weighted by Gasteiger charge is -2.17. The summed E-state index contributed by atoms with van der Waals surface area (Å²) in [5.74, 6) is 0.191. The van der Waals surface area contributed by atoms with Crippen LogP contribution in [0.1, 0.15) is 10.4 Å². The maximum absolute atomic E-state index is 13.7. The van der Waals surface area contributed by atoms with Crippen LogP contribution in [0.2, 0.25) is 0 Å². The fraction of sp³-hybridized carbons (Fsp3) is 0.160. The molecule has 36 heavy (non-hydrogen) atoms. The minimum Gasteiger partial charge on any atom is -0.493 e. The Hall–Kier alpha value is -4.93. The van der Waals surface area contributed by atoms with Crippen LogP contribution in [-0.4, -0.2) is 41.2 Å². The van der Waals surface area contributed by atoms with Gasteiger partial charge >= 0.3 is 5.69 Å². The van der Waals surface area contributed by atoms with Gasteiger partial charge in [0, 0.05) is 29.8 Å². The van der Waals surface area contributed by atoms with Gasteiger partial charge in [0.25, 0.3) is 11.2 Å². The van der Waals surface area contributed by atoms with E-state index in [0.717, 1.165) is 15.2 Å². The molecule has 0 unspecified atom stereocenters. The Bertz CT molecular complexity index is 1600. The molecule has 0 spiro atoms. The van der Waals surface area contributed by atoms with Crippen molar-refractivity contribution in [3.05, 3.63) is 97.2 Å². The van der Waals surface area contributed by atoms with Crippen molar-refractivity contribution in [3.63, 3.8) is 0 Å². The van der Waals surface area contributed by atoms with E-state index >= 15 is 0 Å². The number of Topliss-reactive ketones (excluding diaryl/α,β-unsaturated/α-hetero) is 1. The van der Waals surface area contributed by atoms with E-state index in [0.29, 0.717) is 0 Å². The summed E-state index contributed by atoms with van der Waals surface area (Å²) in [5, 5.41) is 11.3. The largest absolute Gasteiger partial charge is 0.493 e. The zero-order chi connectivity index (χ0) is 26.0. The topological polar surface area (TPSA) is 132 Å². The van der Waals surface area contributed by atoms with Crippen LogP contribution in [-0.2, 0) is 6.54 Å². The molecular formula is C25H21N3O8. The summed E-state index contributed by atoms with van der Waals surface area (Å²) in [6, 6.07) is 14.5. The van der Waals surface area contributed by atoms with Crippen LogP contribution in [0.3, 0.4) is 0 Å². The molecule has 0 aliphatic rings. The van der Waals surface area contributed by atoms with Crippen LogP contribution in [0.5, 0.6) is 17.2 Å². The first-order valence-corrected chi connectivity index (χ1v) is 10.6. The first-order valence-electron chi connectivity index (χ1n) is 10.6. The summed E-state index contributed by atoms with van der Waals surface area (Å²) < 4.78 is 18.1. The van der Waals surface area contributed by atoms with Gasteiger partial charge < -0.3 is 14.2 Å². The van der Waals surface area contributed by atoms with E-state index in [9.17, 15) is 24.5 Å². The SMILES string of the molecule is COc1cc(-n2c(=O)c3ccccc3n(CC(=O)c3cccc([N+](=O)[O-])c3)c2=O)cc(OC)c1OC. The van der Waals surface area contributed by atoms with E-state index in [2.05, 4.69) is 0 Å². The maximum atomic E-state index is 13.7. The van der Waals surface area contributed by atoms with E-state index < -0.39 is 28.5 Å². The normalized spacial score (nSPS) is 10.8. The van der Waals surface area contributed by atoms with Gasteiger partial charge in [-0.1, -0.05) is 24.3 Å². The lowest BCUT2D eigenvalue weighted by Crippen LogP contribution is -2.40. The van der Waals surface area contributed by atoms with Crippen LogP contribution in [0.25, 0.3) is 16.6 Å². The number of hydrogen-bond acceptors (Lipinski definition) is 8. The lowest BCUT2D eigenvalue weighted by molar-refractivity contribution is -0.384. The average Bonchev–Trinajstić information content (AvgIpc) is 2.90. The number of nitro groups is 1. The molecule has 4 rings (SSSR count). The number of methoxy groups -OCH3 is 3. The number of benzene rings is 3. The predicted molar refractivity (Wildman–Crippen MR) is 131 cm³/mol. The van der Waals surface area contributed by atoms with Gasteiger partial charge in [0.05, 0.1) is 49.4 Å². The van der Waals surface area contributed by atoms with Crippen LogP contribution < -0.4 is 25.5 Å². The molecular weight excluding hydrogens is 470 g/mol. The van der Waals surface area contributed by atoms with Crippen molar-refractivity contribution in [2.24, 2.45) is 0 Å². The van der Waals surface area contributed by atoms with Gasteiger partial charge in [0.15, 0.2) is 17.3 Å². The minimum atomic E-state index is -0.785. The Morgan fingerprint density at radius 1 is 0.917 bits per heavy atom. The molecule has 0 bridgehead atoms. The lowest BCUT2D eigenvalue weighted by atomic mass is 10.1. The molecule has 0 atom stereocenters. The van der Waals surface area contributed by atoms with Gasteiger partial charge in [0.2, 0.25) is 5.75 Å². The minimum absolute atomic E-state index is 0.0608. The van der Waals surface area contributed by atoms with Crippen LogP contribution in [0, 0.1) is 10.1 Å². The number of ether oxygens (including phenoxy) is 3. The first-order chi connectivity index (χ1) is 17.3. The summed E-state index contributed by atoms with van der Waals surface area (Å²) >= 11 is 0. The van der Waals surface area contributed by atoms with Crippen LogP contribution in [0.4, 0.5) is 5.69 Å². The fourth-order valence-electron chi connectivity index (χ4n) is 3.93. The summed E-state index contributed by atoms with van der Waals surface area (Å²) in [7, 11) is 4.23. The molecule has 1 aromatic heterocycles. The van der Waals surface area contributed by atoms with Gasteiger partial charge in [-0.25, -0.2) is 9.36 Å². The highest BCUT2D eigenvalue weighted by Crippen LogP contribution is 2.38. The molecule has 0 aliphatic carbocycles. The van der Waals surface area contributed by atoms with E-state index in [4.69, 9.17) is 14.2 Å². The quantitative estimate of drug-likeness (QED) is 0.209. The molecule has 11 heteroatoms. The summed E-state index contributed by atoms with van der Waals surface area (Å²) in [4.78, 5) is 50.7. The zero-order valence-corrected chi connectivity index (χ0v) is 19.6. The van der Waals surface area contributed by atoms with Gasteiger partial charge in [-0.15, -0.1) is 0 Å². The molecule has 1 heterocycles. The molecule has 11 nitrogen and oxygen atoms in total. The molecule has 0 N–H and O–H groups in total. The molecule has 184 valence electrons. The highest BCUT2D eigenvalue weighted by atomic mass is 16.6. The third-order valence-corrected chi connectivity index (χ3v) is 5.64. The van der Waals surface area contributed by atoms with Crippen molar-refractivity contribution >= 4 is 22.4 Å². The first kappa shape index (κ1) is 24.2. The van der Waals surface area contributed by atoms with Gasteiger partial charge in [-0.3, -0.25) is 24.3 Å². The average molecular weight is 491 g/mol. The number of ketones is 1. The number of rotatable bonds is 8. The molecule has 0 amide bonds. The molecule has 0 aliphatic heterocycles. The standard InChI is InChI=1S/C25H21N3O8/c1-34-21-12-17(13-22(35-2)23(21)36-3)27-24(30)18-9-4-5-10-19(18)26(25(27)31)14-20(29)15-7-6-8-16(11-15)28(32)33/h4-13H,14H2,1-3H3. The molecule has 0 saturated heterocycles. The zero-order valence-electron chi connectivity index (χ0n) is 19.6. The van der Waals surface area contributed by atoms with Crippen LogP contribution in [0.15, 0.2) is 70.3 Å². The highest BCUT2D eigenvalue weighted by molar-refractivity contribution is 5.97. The summed E-state index contributed by atoms with van der Waals surface area (Å²) in [5.41, 5.74) is -1.20. The Labute approximate surface area is 203 Å². The Morgan fingerprint density at radius 2 is 1.58 bits per heavy atom. The molecule has 4 aromatic rings. The van der Waals surface area contributed by atoms with Gasteiger partial charge in [-0.05, 0) is 12.1 Å². The van der Waals surface area contributed by atoms with E-state index in [1.54, 1.807) is 24.3 Å².